The van der Waals surface area contributed by atoms with E-state index in [9.17, 15) is 4.79 Å². The standard InChI is InChI=1S/C15H23NO/c1-16(10-13-4-2-3-5-15(13)17)14-9-11-6-7-12(14)8-11/h10-12,14H,2-9H2,1H3. The normalized spacial score (nSPS) is 39.0. The Hall–Kier alpha value is -0.790. The van der Waals surface area contributed by atoms with Crippen LogP contribution >= 0.6 is 0 Å². The number of fused-ring (bicyclic) bond motifs is 2. The molecule has 0 aromatic heterocycles. The van der Waals surface area contributed by atoms with E-state index < -0.39 is 0 Å². The summed E-state index contributed by atoms with van der Waals surface area (Å²) >= 11 is 0. The number of nitrogens with zero attached hydrogens (tertiary/aromatic N) is 1. The molecule has 94 valence electrons. The Bertz CT molecular complexity index is 347. The van der Waals surface area contributed by atoms with Crippen LogP contribution < -0.4 is 0 Å². The summed E-state index contributed by atoms with van der Waals surface area (Å²) in [6.45, 7) is 0. The van der Waals surface area contributed by atoms with Crippen LogP contribution in [0.1, 0.15) is 51.4 Å². The molecule has 2 nitrogen and oxygen atoms in total. The summed E-state index contributed by atoms with van der Waals surface area (Å²) in [6.07, 6.45) is 11.9. The van der Waals surface area contributed by atoms with Gasteiger partial charge in [-0.05, 0) is 50.4 Å². The third-order valence-corrected chi connectivity index (χ3v) is 5.04. The quantitative estimate of drug-likeness (QED) is 0.683. The fourth-order valence-corrected chi connectivity index (χ4v) is 4.09. The molecule has 3 aliphatic carbocycles. The van der Waals surface area contributed by atoms with Crippen LogP contribution in [0.4, 0.5) is 0 Å². The van der Waals surface area contributed by atoms with Crippen LogP contribution in [0.5, 0.6) is 0 Å². The molecule has 0 saturated heterocycles. The van der Waals surface area contributed by atoms with Crippen molar-refractivity contribution in [1.82, 2.24) is 4.90 Å². The van der Waals surface area contributed by atoms with E-state index in [-0.39, 0.29) is 0 Å². The van der Waals surface area contributed by atoms with Crippen LogP contribution in [0, 0.1) is 11.8 Å². The Balaban J connectivity index is 1.68. The molecule has 0 aliphatic heterocycles. The van der Waals surface area contributed by atoms with Crippen molar-refractivity contribution in [3.05, 3.63) is 11.8 Å². The van der Waals surface area contributed by atoms with Gasteiger partial charge in [0.15, 0.2) is 5.78 Å². The van der Waals surface area contributed by atoms with Gasteiger partial charge in [-0.1, -0.05) is 6.42 Å². The molecule has 0 radical (unpaired) electrons. The maximum Gasteiger partial charge on any atom is 0.160 e. The second-order valence-corrected chi connectivity index (χ2v) is 6.19. The molecule has 2 bridgehead atoms. The van der Waals surface area contributed by atoms with Crippen LogP contribution in [0.3, 0.4) is 0 Å². The summed E-state index contributed by atoms with van der Waals surface area (Å²) in [4.78, 5) is 14.2. The number of allylic oxidation sites excluding steroid dienone is 1. The van der Waals surface area contributed by atoms with Gasteiger partial charge in [0, 0.05) is 31.3 Å². The lowest BCUT2D eigenvalue weighted by molar-refractivity contribution is -0.116. The number of carbonyl (C=O) groups excluding carboxylic acids is 1. The van der Waals surface area contributed by atoms with Crippen molar-refractivity contribution < 1.29 is 4.79 Å². The summed E-state index contributed by atoms with van der Waals surface area (Å²) in [5.74, 6) is 2.28. The topological polar surface area (TPSA) is 20.3 Å². The van der Waals surface area contributed by atoms with E-state index in [1.165, 1.54) is 32.1 Å². The first-order chi connectivity index (χ1) is 8.24. The molecule has 0 N–H and O–H groups in total. The smallest absolute Gasteiger partial charge is 0.160 e. The van der Waals surface area contributed by atoms with Gasteiger partial charge in [0.2, 0.25) is 0 Å². The number of hydrogen-bond acceptors (Lipinski definition) is 2. The highest BCUT2D eigenvalue weighted by molar-refractivity contribution is 5.95. The lowest BCUT2D eigenvalue weighted by Gasteiger charge is -2.31. The second-order valence-electron chi connectivity index (χ2n) is 6.19. The van der Waals surface area contributed by atoms with Crippen LogP contribution in [-0.4, -0.2) is 23.8 Å². The number of hydrogen-bond donors (Lipinski definition) is 0. The van der Waals surface area contributed by atoms with Crippen LogP contribution in [-0.2, 0) is 4.79 Å². The van der Waals surface area contributed by atoms with Crippen molar-refractivity contribution in [2.75, 3.05) is 7.05 Å². The maximum absolute atomic E-state index is 11.8. The predicted molar refractivity (Wildman–Crippen MR) is 68.6 cm³/mol. The molecule has 2 heteroatoms. The molecule has 0 aromatic rings. The molecule has 0 heterocycles. The molecule has 0 aromatic carbocycles. The summed E-state index contributed by atoms with van der Waals surface area (Å²) in [7, 11) is 2.18. The average molecular weight is 233 g/mol. The molecule has 3 saturated carbocycles. The maximum atomic E-state index is 11.8. The van der Waals surface area contributed by atoms with Gasteiger partial charge in [-0.25, -0.2) is 0 Å². The first-order valence-electron chi connectivity index (χ1n) is 7.20. The SMILES string of the molecule is CN(C=C1CCCCC1=O)C1CC2CCC1C2. The molecule has 3 aliphatic rings. The minimum absolute atomic E-state index is 0.395. The van der Waals surface area contributed by atoms with Crippen LogP contribution in [0.15, 0.2) is 11.8 Å². The van der Waals surface area contributed by atoms with Gasteiger partial charge in [0.05, 0.1) is 0 Å². The van der Waals surface area contributed by atoms with Gasteiger partial charge in [0.25, 0.3) is 0 Å². The number of ketones is 1. The van der Waals surface area contributed by atoms with E-state index in [0.717, 1.165) is 42.7 Å². The monoisotopic (exact) mass is 233 g/mol. The highest BCUT2D eigenvalue weighted by atomic mass is 16.1. The Morgan fingerprint density at radius 1 is 1.18 bits per heavy atom. The first kappa shape index (κ1) is 11.3. The summed E-state index contributed by atoms with van der Waals surface area (Å²) in [6, 6.07) is 0.718. The van der Waals surface area contributed by atoms with Gasteiger partial charge in [-0.2, -0.15) is 0 Å². The Kier molecular flexibility index (Phi) is 2.97. The lowest BCUT2D eigenvalue weighted by Crippen LogP contribution is -2.33. The largest absolute Gasteiger partial charge is 0.377 e. The molecule has 3 rings (SSSR count). The second kappa shape index (κ2) is 4.47. The molecule has 3 unspecified atom stereocenters. The minimum Gasteiger partial charge on any atom is -0.377 e. The first-order valence-corrected chi connectivity index (χ1v) is 7.20. The zero-order chi connectivity index (χ0) is 11.8. The van der Waals surface area contributed by atoms with Gasteiger partial charge >= 0.3 is 0 Å². The minimum atomic E-state index is 0.395. The zero-order valence-corrected chi connectivity index (χ0v) is 10.8. The van der Waals surface area contributed by atoms with E-state index in [4.69, 9.17) is 0 Å². The Morgan fingerprint density at radius 2 is 2.00 bits per heavy atom. The van der Waals surface area contributed by atoms with Gasteiger partial charge in [-0.3, -0.25) is 4.79 Å². The zero-order valence-electron chi connectivity index (χ0n) is 10.8. The summed E-state index contributed by atoms with van der Waals surface area (Å²) in [5, 5.41) is 0. The molecule has 0 spiro atoms. The van der Waals surface area contributed by atoms with E-state index in [2.05, 4.69) is 18.1 Å². The molecule has 3 atom stereocenters. The van der Waals surface area contributed by atoms with Crippen molar-refractivity contribution in [3.8, 4) is 0 Å². The van der Waals surface area contributed by atoms with Gasteiger partial charge < -0.3 is 4.90 Å². The molecular weight excluding hydrogens is 210 g/mol. The van der Waals surface area contributed by atoms with E-state index in [1.807, 2.05) is 0 Å². The van der Waals surface area contributed by atoms with Gasteiger partial charge in [0.1, 0.15) is 0 Å². The van der Waals surface area contributed by atoms with Crippen LogP contribution in [0.25, 0.3) is 0 Å². The van der Waals surface area contributed by atoms with Crippen molar-refractivity contribution in [2.45, 2.75) is 57.4 Å². The molecule has 3 fully saturated rings. The average Bonchev–Trinajstić information content (AvgIpc) is 2.94. The van der Waals surface area contributed by atoms with Crippen LogP contribution in [0.2, 0.25) is 0 Å². The Morgan fingerprint density at radius 3 is 2.65 bits per heavy atom. The Labute approximate surface area is 104 Å². The van der Waals surface area contributed by atoms with E-state index >= 15 is 0 Å². The highest BCUT2D eigenvalue weighted by Crippen LogP contribution is 2.46. The highest BCUT2D eigenvalue weighted by Gasteiger charge is 2.40. The fraction of sp³-hybridized carbons (Fsp3) is 0.800. The lowest BCUT2D eigenvalue weighted by atomic mass is 9.92. The molecule has 0 amide bonds. The fourth-order valence-electron chi connectivity index (χ4n) is 4.09. The van der Waals surface area contributed by atoms with E-state index in [0.29, 0.717) is 5.78 Å². The third-order valence-electron chi connectivity index (χ3n) is 5.04. The number of rotatable bonds is 2. The van der Waals surface area contributed by atoms with Gasteiger partial charge in [-0.15, -0.1) is 0 Å². The third kappa shape index (κ3) is 2.14. The molecule has 17 heavy (non-hydrogen) atoms. The van der Waals surface area contributed by atoms with Crippen molar-refractivity contribution >= 4 is 5.78 Å². The summed E-state index contributed by atoms with van der Waals surface area (Å²) in [5.41, 5.74) is 1.08. The van der Waals surface area contributed by atoms with Crippen molar-refractivity contribution in [3.63, 3.8) is 0 Å². The van der Waals surface area contributed by atoms with E-state index in [1.54, 1.807) is 0 Å². The van der Waals surface area contributed by atoms with Crippen molar-refractivity contribution in [2.24, 2.45) is 11.8 Å². The number of Topliss-reactive ketones (excluding diaryl/α,β-unsaturated/α-hetero) is 1. The van der Waals surface area contributed by atoms with Crippen molar-refractivity contribution in [1.29, 1.82) is 0 Å². The predicted octanol–water partition coefficient (Wildman–Crippen LogP) is 3.13. The number of carbonyl (C=O) groups is 1. The summed E-state index contributed by atoms with van der Waals surface area (Å²) < 4.78 is 0. The molecular formula is C15H23NO.